The van der Waals surface area contributed by atoms with E-state index >= 15 is 0 Å². The molecule has 24 rings (SSSR count). The van der Waals surface area contributed by atoms with Gasteiger partial charge in [0.25, 0.3) is 0 Å². The normalized spacial score (nSPS) is 15.0. The van der Waals surface area contributed by atoms with Crippen molar-refractivity contribution in [3.63, 3.8) is 0 Å². The van der Waals surface area contributed by atoms with Crippen LogP contribution in [-0.4, -0.2) is 13.7 Å². The minimum atomic E-state index is -0.452. The van der Waals surface area contributed by atoms with Crippen LogP contribution in [0, 0.1) is 0 Å². The molecule has 3 nitrogen and oxygen atoms in total. The van der Waals surface area contributed by atoms with E-state index in [0.29, 0.717) is 0 Å². The third-order valence-corrected chi connectivity index (χ3v) is 29.8. The van der Waals surface area contributed by atoms with E-state index in [4.69, 9.17) is 0 Å². The monoisotopic (exact) mass is 1680 g/mol. The van der Waals surface area contributed by atoms with Gasteiger partial charge in [0.1, 0.15) is 0 Å². The van der Waals surface area contributed by atoms with E-state index < -0.39 is 5.41 Å². The van der Waals surface area contributed by atoms with Crippen LogP contribution in [-0.2, 0) is 49.7 Å². The predicted octanol–water partition coefficient (Wildman–Crippen LogP) is 31.9. The highest BCUT2D eigenvalue weighted by molar-refractivity contribution is 9.10. The molecule has 3 heterocycles. The Morgan fingerprint density at radius 3 is 0.928 bits per heavy atom. The molecule has 0 saturated heterocycles. The first kappa shape index (κ1) is 78.4. The summed E-state index contributed by atoms with van der Waals surface area (Å²) in [5, 5.41) is 7.81. The van der Waals surface area contributed by atoms with Gasteiger partial charge in [0.15, 0.2) is 0 Å². The van der Waals surface area contributed by atoms with Gasteiger partial charge in [0, 0.05) is 64.7 Å². The molecular formula is C121H106BrN3. The van der Waals surface area contributed by atoms with Crippen LogP contribution < -0.4 is 0 Å². The molecule has 2 spiro atoms. The van der Waals surface area contributed by atoms with E-state index in [-0.39, 0.29) is 37.9 Å². The molecule has 0 unspecified atom stereocenters. The van der Waals surface area contributed by atoms with Crippen molar-refractivity contribution >= 4 is 81.3 Å². The van der Waals surface area contributed by atoms with Crippen LogP contribution in [0.15, 0.2) is 344 Å². The van der Waals surface area contributed by atoms with E-state index in [1.165, 1.54) is 216 Å². The molecule has 0 amide bonds. The fraction of sp³-hybridized carbons (Fsp3) is 0.207. The first-order valence-corrected chi connectivity index (χ1v) is 45.7. The standard InChI is InChI=1S/C60H52N2.C33H33N.C28H21Br/c1-57(2,3)37-25-30-54-44(33-37)45-34-38(58(4,5)6)26-31-55(45)61(54)39-28-32-56-46(35-39)43-19-11-16-24-53(43)62(56)40-27-29-50-52(36-40)60(51-23-15-14-22-49(51)59(50,7)8)47-20-12-9-17-41(47)42-18-10-13-21-48(42)60;1-32(2,3)23-12-15-30-28(18-23)29-19-24(33(4,5)6)13-16-31(29)34(30)25-14-11-22-17-21-9-7-8-10-26(21)27(22)20-25;1-27(2)23-13-7-8-14-25(23)28(26-17-18(29)15-16-24(26)27)21-11-5-3-9-19(21)20-10-4-6-12-22(20)28/h9-36H,1-8H3;7-16,18-20H,17H2,1-6H3;3-17H,1-2H3. The summed E-state index contributed by atoms with van der Waals surface area (Å²) in [7, 11) is 0. The van der Waals surface area contributed by atoms with Gasteiger partial charge >= 0.3 is 0 Å². The summed E-state index contributed by atoms with van der Waals surface area (Å²) >= 11 is 3.78. The quantitative estimate of drug-likeness (QED) is 0.167. The first-order valence-electron chi connectivity index (χ1n) is 44.9. The van der Waals surface area contributed by atoms with Gasteiger partial charge in [-0.05, 0) is 271 Å². The molecule has 0 saturated carbocycles. The van der Waals surface area contributed by atoms with Crippen LogP contribution in [0.3, 0.4) is 0 Å². The Morgan fingerprint density at radius 1 is 0.216 bits per heavy atom. The lowest BCUT2D eigenvalue weighted by Gasteiger charge is -2.46. The summed E-state index contributed by atoms with van der Waals surface area (Å²) < 4.78 is 8.60. The van der Waals surface area contributed by atoms with Crippen molar-refractivity contribution < 1.29 is 0 Å². The Hall–Kier alpha value is -12.6. The average molecular weight is 1680 g/mol. The molecule has 612 valence electrons. The number of hydrogen-bond acceptors (Lipinski definition) is 0. The lowest BCUT2D eigenvalue weighted by molar-refractivity contribution is 0.563. The highest BCUT2D eigenvalue weighted by Gasteiger charge is 2.55. The molecule has 0 atom stereocenters. The number of fused-ring (bicyclic) bond motifs is 30. The zero-order chi connectivity index (χ0) is 86.1. The molecule has 19 aromatic rings. The van der Waals surface area contributed by atoms with Crippen molar-refractivity contribution in [1.82, 2.24) is 13.7 Å². The number of para-hydroxylation sites is 1. The molecular weight excluding hydrogens is 1580 g/mol. The van der Waals surface area contributed by atoms with Crippen molar-refractivity contribution in [2.24, 2.45) is 0 Å². The van der Waals surface area contributed by atoms with Gasteiger partial charge in [-0.3, -0.25) is 0 Å². The molecule has 0 aliphatic heterocycles. The number of aromatic nitrogens is 3. The zero-order valence-corrected chi connectivity index (χ0v) is 76.3. The smallest absolute Gasteiger partial charge is 0.0720 e. The molecule has 0 fully saturated rings. The lowest BCUT2D eigenvalue weighted by atomic mass is 9.55. The van der Waals surface area contributed by atoms with Crippen molar-refractivity contribution in [3.05, 3.63) is 444 Å². The van der Waals surface area contributed by atoms with Crippen LogP contribution >= 0.6 is 15.9 Å². The van der Waals surface area contributed by atoms with Crippen LogP contribution in [0.5, 0.6) is 0 Å². The lowest BCUT2D eigenvalue weighted by Crippen LogP contribution is -2.40. The van der Waals surface area contributed by atoms with E-state index in [1.54, 1.807) is 0 Å². The molecule has 0 radical (unpaired) electrons. The topological polar surface area (TPSA) is 14.8 Å². The summed E-state index contributed by atoms with van der Waals surface area (Å²) in [6.45, 7) is 37.2. The molecule has 4 heteroatoms. The molecule has 5 aliphatic carbocycles. The van der Waals surface area contributed by atoms with Crippen molar-refractivity contribution in [3.8, 4) is 50.4 Å². The summed E-state index contributed by atoms with van der Waals surface area (Å²) in [6, 6.07) is 129. The molecule has 0 N–H and O–H groups in total. The van der Waals surface area contributed by atoms with Gasteiger partial charge < -0.3 is 13.7 Å². The second kappa shape index (κ2) is 27.7. The van der Waals surface area contributed by atoms with Gasteiger partial charge in [-0.1, -0.05) is 357 Å². The SMILES string of the molecule is CC(C)(C)c1ccc2c(c1)c1cc(C(C)(C)C)ccc1n2-c1ccc2c(c1)-c1ccccc1C2.CC(C)(C)c1ccc2c(c1)c1cc(C(C)(C)C)ccc1n2-c1ccc2c(c1)c1ccccc1n2-c1ccc2c(c1)C1(c3ccccc3-c3ccccc31)c1ccccc1C2(C)C.CC1(C)c2ccccc2C2(c3ccccc3-c3ccccc32)c2cc(Br)ccc21. The fourth-order valence-electron chi connectivity index (χ4n) is 22.9. The second-order valence-corrected chi connectivity index (χ2v) is 42.2. The number of nitrogens with zero attached hydrogens (tertiary/aromatic N) is 3. The van der Waals surface area contributed by atoms with E-state index in [1.807, 2.05) is 0 Å². The Kier molecular flexibility index (Phi) is 17.4. The molecule has 3 aromatic heterocycles. The third-order valence-electron chi connectivity index (χ3n) is 29.3. The van der Waals surface area contributed by atoms with Crippen molar-refractivity contribution in [1.29, 1.82) is 0 Å². The number of benzene rings is 16. The minimum absolute atomic E-state index is 0.0466. The van der Waals surface area contributed by atoms with Crippen LogP contribution in [0.1, 0.15) is 211 Å². The largest absolute Gasteiger partial charge is 0.309 e. The number of hydrogen-bond donors (Lipinski definition) is 0. The van der Waals surface area contributed by atoms with Gasteiger partial charge in [0.2, 0.25) is 0 Å². The summed E-state index contributed by atoms with van der Waals surface area (Å²) in [4.78, 5) is 0. The van der Waals surface area contributed by atoms with Crippen LogP contribution in [0.4, 0.5) is 0 Å². The highest BCUT2D eigenvalue weighted by atomic mass is 79.9. The Labute approximate surface area is 744 Å². The number of halogens is 1. The fourth-order valence-corrected chi connectivity index (χ4v) is 23.3. The number of rotatable bonds is 3. The minimum Gasteiger partial charge on any atom is -0.309 e. The maximum Gasteiger partial charge on any atom is 0.0720 e. The maximum atomic E-state index is 3.78. The molecule has 16 aromatic carbocycles. The van der Waals surface area contributed by atoms with E-state index in [2.05, 4.69) is 480 Å². The van der Waals surface area contributed by atoms with Gasteiger partial charge in [-0.2, -0.15) is 0 Å². The Balaban J connectivity index is 0.000000123. The van der Waals surface area contributed by atoms with Crippen molar-refractivity contribution in [2.75, 3.05) is 0 Å². The predicted molar refractivity (Wildman–Crippen MR) is 532 cm³/mol. The average Bonchev–Trinajstić information content (AvgIpc) is 1.56. The molecule has 0 bridgehead atoms. The van der Waals surface area contributed by atoms with Gasteiger partial charge in [-0.15, -0.1) is 0 Å². The van der Waals surface area contributed by atoms with Gasteiger partial charge in [0.05, 0.1) is 43.9 Å². The highest BCUT2D eigenvalue weighted by Crippen LogP contribution is 2.65. The maximum absolute atomic E-state index is 3.78. The molecule has 125 heavy (non-hydrogen) atoms. The van der Waals surface area contributed by atoms with Crippen LogP contribution in [0.2, 0.25) is 0 Å². The van der Waals surface area contributed by atoms with Crippen LogP contribution in [0.25, 0.3) is 116 Å². The van der Waals surface area contributed by atoms with E-state index in [0.717, 1.165) is 10.9 Å². The van der Waals surface area contributed by atoms with Gasteiger partial charge in [-0.25, -0.2) is 0 Å². The summed E-state index contributed by atoms with van der Waals surface area (Å²) in [6.07, 6.45) is 1.03. The third kappa shape index (κ3) is 11.6. The zero-order valence-electron chi connectivity index (χ0n) is 74.8. The Morgan fingerprint density at radius 2 is 0.504 bits per heavy atom. The second-order valence-electron chi connectivity index (χ2n) is 41.3. The van der Waals surface area contributed by atoms with E-state index in [9.17, 15) is 0 Å². The summed E-state index contributed by atoms with van der Waals surface area (Å²) in [5.74, 6) is 0. The van der Waals surface area contributed by atoms with Crippen molar-refractivity contribution in [2.45, 2.75) is 161 Å². The summed E-state index contributed by atoms with van der Waals surface area (Å²) in [5.41, 5.74) is 43.5. The Bertz CT molecular complexity index is 7520. The molecule has 5 aliphatic rings. The first-order chi connectivity index (χ1) is 59.9.